The third-order valence-corrected chi connectivity index (χ3v) is 7.04. The molecule has 0 saturated carbocycles. The highest BCUT2D eigenvalue weighted by molar-refractivity contribution is 6.00. The van der Waals surface area contributed by atoms with Crippen molar-refractivity contribution < 1.29 is 18.0 Å². The van der Waals surface area contributed by atoms with Gasteiger partial charge in [-0.2, -0.15) is 13.2 Å². The molecule has 0 radical (unpaired) electrons. The molecule has 1 aliphatic carbocycles. The molecule has 0 bridgehead atoms. The van der Waals surface area contributed by atoms with Crippen LogP contribution in [0.1, 0.15) is 61.9 Å². The Morgan fingerprint density at radius 1 is 1.14 bits per heavy atom. The summed E-state index contributed by atoms with van der Waals surface area (Å²) >= 11 is 0. The summed E-state index contributed by atoms with van der Waals surface area (Å²) in [6.45, 7) is 12.5. The lowest BCUT2D eigenvalue weighted by Crippen LogP contribution is -2.28. The minimum Gasteiger partial charge on any atom is -0.330 e. The second kappa shape index (κ2) is 11.2. The van der Waals surface area contributed by atoms with Gasteiger partial charge in [0.15, 0.2) is 0 Å². The van der Waals surface area contributed by atoms with Crippen molar-refractivity contribution in [2.24, 2.45) is 5.41 Å². The van der Waals surface area contributed by atoms with E-state index in [4.69, 9.17) is 0 Å². The smallest absolute Gasteiger partial charge is 0.330 e. The van der Waals surface area contributed by atoms with Crippen LogP contribution in [0.5, 0.6) is 0 Å². The Morgan fingerprint density at radius 2 is 1.81 bits per heavy atom. The van der Waals surface area contributed by atoms with Crippen LogP contribution in [-0.4, -0.2) is 15.5 Å². The Labute approximate surface area is 217 Å². The quantitative estimate of drug-likeness (QED) is 0.302. The fraction of sp³-hybridized carbons (Fsp3) is 0.333. The number of aromatic nitrogens is 2. The number of amides is 1. The number of hydrogen-bond donors (Lipinski definition) is 1. The Morgan fingerprint density at radius 3 is 2.43 bits per heavy atom. The van der Waals surface area contributed by atoms with Crippen LogP contribution in [0, 0.1) is 19.3 Å². The number of imidazole rings is 1. The van der Waals surface area contributed by atoms with E-state index in [1.165, 1.54) is 19.1 Å². The number of halogens is 3. The zero-order chi connectivity index (χ0) is 27.4. The van der Waals surface area contributed by atoms with Gasteiger partial charge in [-0.3, -0.25) is 4.79 Å². The molecule has 1 aliphatic rings. The molecule has 1 atom stereocenters. The number of nitrogens with zero attached hydrogens (tertiary/aromatic N) is 2. The average Bonchev–Trinajstić information content (AvgIpc) is 3.33. The lowest BCUT2D eigenvalue weighted by molar-refractivity contribution is -0.138. The highest BCUT2D eigenvalue weighted by Crippen LogP contribution is 2.53. The van der Waals surface area contributed by atoms with E-state index >= 15 is 0 Å². The molecule has 37 heavy (non-hydrogen) atoms. The number of carbonyl (C=O) groups is 1. The van der Waals surface area contributed by atoms with Crippen molar-refractivity contribution in [3.8, 4) is 0 Å². The number of nitrogens with one attached hydrogen (secondary N) is 1. The van der Waals surface area contributed by atoms with E-state index in [-0.39, 0.29) is 17.2 Å². The van der Waals surface area contributed by atoms with E-state index in [0.29, 0.717) is 23.2 Å². The van der Waals surface area contributed by atoms with Crippen LogP contribution >= 0.6 is 0 Å². The van der Waals surface area contributed by atoms with Gasteiger partial charge >= 0.3 is 6.18 Å². The molecular formula is C30H34F3N3O. The summed E-state index contributed by atoms with van der Waals surface area (Å²) in [5, 5.41) is 2.79. The van der Waals surface area contributed by atoms with Crippen LogP contribution in [0.3, 0.4) is 0 Å². The highest BCUT2D eigenvalue weighted by atomic mass is 19.4. The summed E-state index contributed by atoms with van der Waals surface area (Å²) in [5.74, 6) is -0.421. The first-order valence-electron chi connectivity index (χ1n) is 12.2. The van der Waals surface area contributed by atoms with Gasteiger partial charge in [0, 0.05) is 24.2 Å². The van der Waals surface area contributed by atoms with Crippen LogP contribution in [0.2, 0.25) is 0 Å². The maximum absolute atomic E-state index is 14.5. The van der Waals surface area contributed by atoms with Crippen molar-refractivity contribution in [1.82, 2.24) is 9.55 Å². The van der Waals surface area contributed by atoms with Crippen LogP contribution in [-0.2, 0) is 11.0 Å². The molecule has 1 amide bonds. The van der Waals surface area contributed by atoms with Crippen molar-refractivity contribution in [3.63, 3.8) is 0 Å². The van der Waals surface area contributed by atoms with Gasteiger partial charge in [-0.1, -0.05) is 56.9 Å². The van der Waals surface area contributed by atoms with Gasteiger partial charge in [-0.05, 0) is 72.9 Å². The second-order valence-electron chi connectivity index (χ2n) is 9.95. The first-order chi connectivity index (χ1) is 17.4. The van der Waals surface area contributed by atoms with Crippen molar-refractivity contribution >= 4 is 17.2 Å². The van der Waals surface area contributed by atoms with Gasteiger partial charge in [0.05, 0.1) is 17.9 Å². The molecule has 1 heterocycles. The molecule has 1 N–H and O–H groups in total. The standard InChI is InChI=1S/C30H34F3N3O/c1-7-8-9-10-11-12-13-26(37)35-24-18-23(28(30(31,32)33)21(3)20(24)2)27-22(4)25(14-15-29(27,5)6)36-17-16-34-19-36/h7-13,16-19,25H,1,14-15H2,2-6H3,(H,35,37)/b9-8+,11-10+,13-12+. The van der Waals surface area contributed by atoms with Crippen molar-refractivity contribution in [3.05, 3.63) is 102 Å². The first-order valence-corrected chi connectivity index (χ1v) is 12.2. The Balaban J connectivity index is 2.14. The largest absolute Gasteiger partial charge is 0.417 e. The van der Waals surface area contributed by atoms with E-state index in [1.54, 1.807) is 55.9 Å². The molecule has 1 unspecified atom stereocenters. The van der Waals surface area contributed by atoms with Crippen molar-refractivity contribution in [2.45, 2.75) is 59.7 Å². The number of anilines is 1. The first kappa shape index (κ1) is 28.0. The zero-order valence-corrected chi connectivity index (χ0v) is 22.0. The van der Waals surface area contributed by atoms with Gasteiger partial charge in [-0.15, -0.1) is 0 Å². The predicted octanol–water partition coefficient (Wildman–Crippen LogP) is 8.15. The monoisotopic (exact) mass is 509 g/mol. The van der Waals surface area contributed by atoms with Crippen molar-refractivity contribution in [2.75, 3.05) is 5.32 Å². The average molecular weight is 510 g/mol. The number of benzene rings is 1. The summed E-state index contributed by atoms with van der Waals surface area (Å²) in [7, 11) is 0. The number of alkyl halides is 3. The molecule has 3 rings (SSSR count). The molecule has 0 fully saturated rings. The fourth-order valence-electron chi connectivity index (χ4n) is 5.14. The van der Waals surface area contributed by atoms with Gasteiger partial charge in [0.25, 0.3) is 0 Å². The fourth-order valence-corrected chi connectivity index (χ4v) is 5.14. The molecule has 0 spiro atoms. The minimum absolute atomic E-state index is 0.0869. The maximum atomic E-state index is 14.5. The molecule has 196 valence electrons. The molecule has 0 saturated heterocycles. The van der Waals surface area contributed by atoms with Crippen LogP contribution < -0.4 is 5.32 Å². The normalized spacial score (nSPS) is 18.3. The zero-order valence-electron chi connectivity index (χ0n) is 22.0. The SMILES string of the molecule is C=C/C=C/C=C/C=C/C(=O)Nc1cc(C2=C(C)C(n3ccnc3)CCC2(C)C)c(C(F)(F)F)c(C)c1C. The molecule has 0 aliphatic heterocycles. The number of hydrogen-bond acceptors (Lipinski definition) is 2. The van der Waals surface area contributed by atoms with Gasteiger partial charge < -0.3 is 9.88 Å². The van der Waals surface area contributed by atoms with Crippen LogP contribution in [0.4, 0.5) is 18.9 Å². The minimum atomic E-state index is -4.55. The summed E-state index contributed by atoms with van der Waals surface area (Å²) in [4.78, 5) is 16.8. The van der Waals surface area contributed by atoms with Gasteiger partial charge in [0.1, 0.15) is 0 Å². The lowest BCUT2D eigenvalue weighted by Gasteiger charge is -2.40. The molecule has 7 heteroatoms. The Kier molecular flexibility index (Phi) is 8.46. The maximum Gasteiger partial charge on any atom is 0.417 e. The topological polar surface area (TPSA) is 46.9 Å². The van der Waals surface area contributed by atoms with Gasteiger partial charge in [0.2, 0.25) is 5.91 Å². The van der Waals surface area contributed by atoms with E-state index in [9.17, 15) is 18.0 Å². The summed E-state index contributed by atoms with van der Waals surface area (Å²) < 4.78 is 45.5. The Hall–Kier alpha value is -3.61. The number of carbonyl (C=O) groups excluding carboxylic acids is 1. The van der Waals surface area contributed by atoms with E-state index in [0.717, 1.165) is 12.0 Å². The second-order valence-corrected chi connectivity index (χ2v) is 9.95. The van der Waals surface area contributed by atoms with Crippen LogP contribution in [0.15, 0.2) is 79.5 Å². The van der Waals surface area contributed by atoms with E-state index in [1.807, 2.05) is 31.5 Å². The van der Waals surface area contributed by atoms with Crippen LogP contribution in [0.25, 0.3) is 5.57 Å². The molecule has 4 nitrogen and oxygen atoms in total. The lowest BCUT2D eigenvalue weighted by atomic mass is 9.67. The van der Waals surface area contributed by atoms with Gasteiger partial charge in [-0.25, -0.2) is 4.98 Å². The summed E-state index contributed by atoms with van der Waals surface area (Å²) in [5.41, 5.74) is 1.38. The Bertz CT molecular complexity index is 1280. The molecule has 2 aromatic rings. The summed E-state index contributed by atoms with van der Waals surface area (Å²) in [6, 6.07) is 1.41. The molecular weight excluding hydrogens is 475 g/mol. The van der Waals surface area contributed by atoms with Crippen molar-refractivity contribution in [1.29, 1.82) is 0 Å². The third kappa shape index (κ3) is 6.21. The molecule has 1 aromatic heterocycles. The van der Waals surface area contributed by atoms with E-state index in [2.05, 4.69) is 16.9 Å². The molecule has 1 aromatic carbocycles. The number of rotatable bonds is 7. The third-order valence-electron chi connectivity index (χ3n) is 7.04. The predicted molar refractivity (Wildman–Crippen MR) is 144 cm³/mol. The number of allylic oxidation sites excluding steroid dienone is 8. The highest BCUT2D eigenvalue weighted by Gasteiger charge is 2.42. The van der Waals surface area contributed by atoms with E-state index < -0.39 is 23.1 Å². The summed E-state index contributed by atoms with van der Waals surface area (Å²) in [6.07, 6.45) is 13.7.